The molecular weight excluding hydrogens is 442 g/mol. The lowest BCUT2D eigenvalue weighted by Gasteiger charge is -2.29. The average molecular weight is 472 g/mol. The number of amides is 1. The van der Waals surface area contributed by atoms with E-state index in [-0.39, 0.29) is 22.6 Å². The predicted molar refractivity (Wildman–Crippen MR) is 126 cm³/mol. The third kappa shape index (κ3) is 5.01. The van der Waals surface area contributed by atoms with Crippen LogP contribution in [0.1, 0.15) is 31.4 Å². The van der Waals surface area contributed by atoms with Crippen molar-refractivity contribution in [2.75, 3.05) is 31.2 Å². The van der Waals surface area contributed by atoms with Crippen LogP contribution in [0.2, 0.25) is 0 Å². The predicted octanol–water partition coefficient (Wildman–Crippen LogP) is 1.69. The second-order valence-electron chi connectivity index (χ2n) is 8.21. The van der Waals surface area contributed by atoms with Crippen LogP contribution in [-0.2, 0) is 26.1 Å². The fourth-order valence-electron chi connectivity index (χ4n) is 3.95. The highest BCUT2D eigenvalue weighted by atomic mass is 32.2. The summed E-state index contributed by atoms with van der Waals surface area (Å²) in [5, 5.41) is 2.99. The summed E-state index contributed by atoms with van der Waals surface area (Å²) in [6, 6.07) is 9.72. The Bertz CT molecular complexity index is 1150. The van der Waals surface area contributed by atoms with Gasteiger partial charge in [-0.15, -0.1) is 0 Å². The fourth-order valence-corrected chi connectivity index (χ4v) is 5.19. The summed E-state index contributed by atoms with van der Waals surface area (Å²) in [7, 11) is -3.67. The van der Waals surface area contributed by atoms with E-state index in [4.69, 9.17) is 4.74 Å². The molecule has 10 heteroatoms. The summed E-state index contributed by atoms with van der Waals surface area (Å²) >= 11 is 0. The molecule has 0 radical (unpaired) electrons. The van der Waals surface area contributed by atoms with E-state index in [0.717, 1.165) is 30.9 Å². The second-order valence-corrected chi connectivity index (χ2v) is 9.86. The molecule has 0 bridgehead atoms. The topological polar surface area (TPSA) is 113 Å². The number of nitrogens with one attached hydrogen (secondary N) is 2. The van der Waals surface area contributed by atoms with Gasteiger partial charge in [-0.05, 0) is 24.1 Å². The fraction of sp³-hybridized carbons (Fsp3) is 0.435. The van der Waals surface area contributed by atoms with Gasteiger partial charge in [0.1, 0.15) is 17.7 Å². The van der Waals surface area contributed by atoms with Crippen LogP contribution in [-0.4, -0.2) is 57.5 Å². The van der Waals surface area contributed by atoms with Crippen molar-refractivity contribution in [3.05, 3.63) is 53.7 Å². The molecule has 1 saturated heterocycles. The average Bonchev–Trinajstić information content (AvgIpc) is 3.11. The Morgan fingerprint density at radius 3 is 2.76 bits per heavy atom. The molecule has 2 N–H and O–H groups in total. The maximum atomic E-state index is 13.2. The maximum Gasteiger partial charge on any atom is 0.263 e. The number of aromatic nitrogens is 1. The van der Waals surface area contributed by atoms with E-state index in [0.29, 0.717) is 25.3 Å². The molecular formula is C23H29N5O4S. The number of anilines is 1. The molecule has 0 saturated carbocycles. The van der Waals surface area contributed by atoms with Crippen LogP contribution >= 0.6 is 0 Å². The zero-order valence-corrected chi connectivity index (χ0v) is 19.6. The summed E-state index contributed by atoms with van der Waals surface area (Å²) in [6.45, 7) is 7.02. The molecule has 0 unspecified atom stereocenters. The Labute approximate surface area is 194 Å². The number of hydrogen-bond donors (Lipinski definition) is 2. The van der Waals surface area contributed by atoms with Crippen molar-refractivity contribution in [1.29, 1.82) is 0 Å². The Hall–Kier alpha value is -2.98. The highest BCUT2D eigenvalue weighted by Gasteiger charge is 2.33. The number of ether oxygens (including phenoxy) is 1. The zero-order chi connectivity index (χ0) is 23.4. The number of morpholine rings is 1. The number of benzene rings is 1. The Kier molecular flexibility index (Phi) is 6.94. The number of pyridine rings is 1. The second kappa shape index (κ2) is 9.88. The van der Waals surface area contributed by atoms with E-state index in [1.165, 1.54) is 6.07 Å². The van der Waals surface area contributed by atoms with Crippen LogP contribution < -0.4 is 14.9 Å². The molecule has 1 fully saturated rings. The van der Waals surface area contributed by atoms with Crippen LogP contribution in [0.15, 0.2) is 52.5 Å². The van der Waals surface area contributed by atoms with Gasteiger partial charge in [-0.25, -0.2) is 13.4 Å². The largest absolute Gasteiger partial charge is 0.378 e. The molecule has 1 amide bonds. The lowest BCUT2D eigenvalue weighted by atomic mass is 9.98. The summed E-state index contributed by atoms with van der Waals surface area (Å²) in [5.74, 6) is 0.714. The van der Waals surface area contributed by atoms with Crippen molar-refractivity contribution in [3.8, 4) is 0 Å². The number of rotatable bonds is 7. The molecule has 2 atom stereocenters. The van der Waals surface area contributed by atoms with Crippen molar-refractivity contribution in [2.45, 2.75) is 37.8 Å². The lowest BCUT2D eigenvalue weighted by molar-refractivity contribution is -0.123. The van der Waals surface area contributed by atoms with Crippen molar-refractivity contribution < 1.29 is 17.9 Å². The van der Waals surface area contributed by atoms with Gasteiger partial charge in [0.05, 0.1) is 18.1 Å². The summed E-state index contributed by atoms with van der Waals surface area (Å²) in [4.78, 5) is 24.6. The van der Waals surface area contributed by atoms with Gasteiger partial charge in [-0.1, -0.05) is 38.5 Å². The molecule has 33 heavy (non-hydrogen) atoms. The number of carbonyl (C=O) groups excluding carboxylic acids is 1. The number of fused-ring (bicyclic) bond motifs is 1. The van der Waals surface area contributed by atoms with E-state index in [1.54, 1.807) is 24.4 Å². The van der Waals surface area contributed by atoms with Crippen LogP contribution in [0.3, 0.4) is 0 Å². The third-order valence-electron chi connectivity index (χ3n) is 6.01. The third-order valence-corrected chi connectivity index (χ3v) is 7.41. The molecule has 0 spiro atoms. The van der Waals surface area contributed by atoms with Gasteiger partial charge in [-0.2, -0.15) is 0 Å². The van der Waals surface area contributed by atoms with Gasteiger partial charge in [-0.3, -0.25) is 14.5 Å². The van der Waals surface area contributed by atoms with Gasteiger partial charge < -0.3 is 15.0 Å². The van der Waals surface area contributed by atoms with Crippen molar-refractivity contribution in [2.24, 2.45) is 10.9 Å². The summed E-state index contributed by atoms with van der Waals surface area (Å²) in [5.41, 5.74) is 1.40. The quantitative estimate of drug-likeness (QED) is 0.635. The molecule has 9 nitrogen and oxygen atoms in total. The van der Waals surface area contributed by atoms with E-state index >= 15 is 0 Å². The number of carbonyl (C=O) groups is 1. The minimum Gasteiger partial charge on any atom is -0.378 e. The van der Waals surface area contributed by atoms with E-state index < -0.39 is 16.1 Å². The van der Waals surface area contributed by atoms with Gasteiger partial charge in [0, 0.05) is 37.0 Å². The molecule has 4 rings (SSSR count). The summed E-state index contributed by atoms with van der Waals surface area (Å²) < 4.78 is 32.8. The van der Waals surface area contributed by atoms with Gasteiger partial charge in [0.2, 0.25) is 5.91 Å². The first-order valence-electron chi connectivity index (χ1n) is 11.1. The smallest absolute Gasteiger partial charge is 0.263 e. The van der Waals surface area contributed by atoms with E-state index in [1.807, 2.05) is 26.0 Å². The van der Waals surface area contributed by atoms with Crippen LogP contribution in [0, 0.1) is 5.92 Å². The van der Waals surface area contributed by atoms with Gasteiger partial charge in [0.25, 0.3) is 10.0 Å². The highest BCUT2D eigenvalue weighted by Crippen LogP contribution is 2.24. The number of aliphatic imine (C=N–C) groups is 1. The Morgan fingerprint density at radius 1 is 1.24 bits per heavy atom. The molecule has 176 valence electrons. The van der Waals surface area contributed by atoms with E-state index in [2.05, 4.69) is 24.9 Å². The zero-order valence-electron chi connectivity index (χ0n) is 18.8. The van der Waals surface area contributed by atoms with Crippen LogP contribution in [0.5, 0.6) is 0 Å². The Morgan fingerprint density at radius 2 is 2.00 bits per heavy atom. The number of amidine groups is 1. The normalized spacial score (nSPS) is 20.1. The van der Waals surface area contributed by atoms with Crippen LogP contribution in [0.25, 0.3) is 0 Å². The molecule has 0 aliphatic carbocycles. The molecule has 2 aliphatic heterocycles. The molecule has 2 aromatic rings. The van der Waals surface area contributed by atoms with E-state index in [9.17, 15) is 13.2 Å². The summed E-state index contributed by atoms with van der Waals surface area (Å²) in [6.07, 6.45) is 2.46. The Balaban J connectivity index is 1.54. The number of nitrogens with zero attached hydrogens (tertiary/aromatic N) is 3. The first-order valence-corrected chi connectivity index (χ1v) is 12.6. The lowest BCUT2D eigenvalue weighted by Crippen LogP contribution is -2.40. The first kappa shape index (κ1) is 23.2. The maximum absolute atomic E-state index is 13.2. The number of sulfonamides is 1. The standard InChI is InChI=1S/C23H29N5O4S/c1-3-16(2)20(26-21-18-8-4-5-9-19(18)33(30,31)27-21)23(29)25-15-17-7-6-10-24-22(17)28-11-13-32-14-12-28/h4-10,16,20H,3,11-15H2,1-2H3,(H,25,29)(H,26,27)/t16-,20-/m0/s1. The van der Waals surface area contributed by atoms with Crippen molar-refractivity contribution in [3.63, 3.8) is 0 Å². The molecule has 1 aromatic carbocycles. The molecule has 2 aliphatic rings. The van der Waals surface area contributed by atoms with Gasteiger partial charge in [0.15, 0.2) is 0 Å². The van der Waals surface area contributed by atoms with Crippen LogP contribution in [0.4, 0.5) is 5.82 Å². The highest BCUT2D eigenvalue weighted by molar-refractivity contribution is 7.90. The molecule has 3 heterocycles. The van der Waals surface area contributed by atoms with Crippen molar-refractivity contribution >= 4 is 27.6 Å². The number of hydrogen-bond acceptors (Lipinski definition) is 7. The SMILES string of the molecule is CC[C@H](C)[C@H](N=C1NS(=O)(=O)c2ccccc21)C(=O)NCc1cccnc1N1CCOCC1. The van der Waals surface area contributed by atoms with Crippen molar-refractivity contribution in [1.82, 2.24) is 15.0 Å². The minimum absolute atomic E-state index is 0.0811. The minimum atomic E-state index is -3.67. The molecule has 1 aromatic heterocycles. The monoisotopic (exact) mass is 471 g/mol. The first-order chi connectivity index (χ1) is 15.9. The van der Waals surface area contributed by atoms with Gasteiger partial charge >= 0.3 is 0 Å².